The third-order valence-electron chi connectivity index (χ3n) is 3.34. The zero-order chi connectivity index (χ0) is 17.5. The van der Waals surface area contributed by atoms with E-state index in [-0.39, 0.29) is 24.0 Å². The van der Waals surface area contributed by atoms with Gasteiger partial charge in [0.15, 0.2) is 5.96 Å². The number of aliphatic imine (C=N–C) groups is 1. The van der Waals surface area contributed by atoms with E-state index in [1.54, 1.807) is 25.4 Å². The van der Waals surface area contributed by atoms with Crippen LogP contribution in [-0.2, 0) is 13.1 Å². The van der Waals surface area contributed by atoms with Crippen molar-refractivity contribution in [3.63, 3.8) is 0 Å². The van der Waals surface area contributed by atoms with E-state index < -0.39 is 0 Å². The predicted octanol–water partition coefficient (Wildman–Crippen LogP) is 3.27. The van der Waals surface area contributed by atoms with E-state index in [0.29, 0.717) is 35.8 Å². The van der Waals surface area contributed by atoms with Crippen molar-refractivity contribution in [3.8, 4) is 11.4 Å². The molecule has 2 heterocycles. The van der Waals surface area contributed by atoms with Crippen molar-refractivity contribution in [2.45, 2.75) is 13.1 Å². The number of aromatic nitrogens is 3. The van der Waals surface area contributed by atoms with Crippen molar-refractivity contribution < 1.29 is 4.52 Å². The number of hydrogen-bond donors (Lipinski definition) is 2. The lowest BCUT2D eigenvalue weighted by Crippen LogP contribution is -2.36. The third-order valence-corrected chi connectivity index (χ3v) is 3.58. The summed E-state index contributed by atoms with van der Waals surface area (Å²) in [4.78, 5) is 12.8. The van der Waals surface area contributed by atoms with Crippen molar-refractivity contribution >= 4 is 41.5 Å². The zero-order valence-corrected chi connectivity index (χ0v) is 17.1. The molecule has 0 saturated heterocycles. The number of nitrogens with zero attached hydrogens (tertiary/aromatic N) is 4. The van der Waals surface area contributed by atoms with Crippen molar-refractivity contribution in [2.75, 3.05) is 7.05 Å². The lowest BCUT2D eigenvalue weighted by Gasteiger charge is -2.09. The number of benzene rings is 1. The molecule has 9 heteroatoms. The van der Waals surface area contributed by atoms with Crippen molar-refractivity contribution in [1.82, 2.24) is 25.8 Å². The van der Waals surface area contributed by atoms with E-state index >= 15 is 0 Å². The van der Waals surface area contributed by atoms with E-state index in [9.17, 15) is 0 Å². The average molecular weight is 485 g/mol. The number of halogens is 2. The monoisotopic (exact) mass is 484 g/mol. The number of guanidine groups is 1. The van der Waals surface area contributed by atoms with Gasteiger partial charge in [-0.15, -0.1) is 24.0 Å². The highest BCUT2D eigenvalue weighted by Gasteiger charge is 2.09. The van der Waals surface area contributed by atoms with Crippen LogP contribution in [0.4, 0.5) is 0 Å². The van der Waals surface area contributed by atoms with E-state index in [0.717, 1.165) is 11.3 Å². The molecule has 0 aliphatic carbocycles. The Morgan fingerprint density at radius 2 is 2.00 bits per heavy atom. The summed E-state index contributed by atoms with van der Waals surface area (Å²) in [5.41, 5.74) is 1.73. The van der Waals surface area contributed by atoms with E-state index in [1.165, 1.54) is 0 Å². The van der Waals surface area contributed by atoms with Gasteiger partial charge in [-0.2, -0.15) is 4.98 Å². The fraction of sp³-hybridized carbons (Fsp3) is 0.176. The maximum atomic E-state index is 5.98. The van der Waals surface area contributed by atoms with E-state index in [2.05, 4.69) is 30.8 Å². The Bertz CT molecular complexity index is 855. The second-order valence-corrected chi connectivity index (χ2v) is 5.56. The summed E-state index contributed by atoms with van der Waals surface area (Å²) in [6.07, 6.45) is 1.75. The van der Waals surface area contributed by atoms with Gasteiger partial charge >= 0.3 is 0 Å². The second-order valence-electron chi connectivity index (χ2n) is 5.12. The maximum Gasteiger partial charge on any atom is 0.246 e. The Balaban J connectivity index is 0.00000243. The van der Waals surface area contributed by atoms with Crippen LogP contribution in [0.2, 0.25) is 5.02 Å². The van der Waals surface area contributed by atoms with Gasteiger partial charge in [0, 0.05) is 23.8 Å². The molecule has 3 aromatic rings. The van der Waals surface area contributed by atoms with Crippen LogP contribution in [-0.4, -0.2) is 28.1 Å². The molecule has 0 aliphatic heterocycles. The van der Waals surface area contributed by atoms with Gasteiger partial charge in [0.25, 0.3) is 0 Å². The number of nitrogens with one attached hydrogen (secondary N) is 2. The van der Waals surface area contributed by atoms with Crippen LogP contribution in [0.5, 0.6) is 0 Å². The van der Waals surface area contributed by atoms with Gasteiger partial charge in [-0.25, -0.2) is 0 Å². The fourth-order valence-electron chi connectivity index (χ4n) is 2.13. The first-order valence-electron chi connectivity index (χ1n) is 7.67. The van der Waals surface area contributed by atoms with Crippen LogP contribution < -0.4 is 10.6 Å². The van der Waals surface area contributed by atoms with Gasteiger partial charge in [0.2, 0.25) is 11.7 Å². The van der Waals surface area contributed by atoms with Gasteiger partial charge in [0.1, 0.15) is 0 Å². The second kappa shape index (κ2) is 10.1. The minimum atomic E-state index is 0. The quantitative estimate of drug-likeness (QED) is 0.328. The normalized spacial score (nSPS) is 10.9. The van der Waals surface area contributed by atoms with E-state index in [1.807, 2.05) is 30.3 Å². The summed E-state index contributed by atoms with van der Waals surface area (Å²) in [7, 11) is 1.69. The average Bonchev–Trinajstić information content (AvgIpc) is 3.12. The molecule has 2 N–H and O–H groups in total. The molecular formula is C17H18ClIN6O. The molecule has 26 heavy (non-hydrogen) atoms. The first-order chi connectivity index (χ1) is 12.2. The molecule has 0 atom stereocenters. The summed E-state index contributed by atoms with van der Waals surface area (Å²) >= 11 is 5.98. The molecule has 1 aromatic carbocycles. The minimum absolute atomic E-state index is 0. The fourth-order valence-corrected chi connectivity index (χ4v) is 2.32. The molecule has 2 aromatic heterocycles. The van der Waals surface area contributed by atoms with Crippen LogP contribution in [0.3, 0.4) is 0 Å². The predicted molar refractivity (Wildman–Crippen MR) is 111 cm³/mol. The summed E-state index contributed by atoms with van der Waals surface area (Å²) in [6, 6.07) is 13.1. The summed E-state index contributed by atoms with van der Waals surface area (Å²) in [5.74, 6) is 1.57. The molecule has 0 bridgehead atoms. The highest BCUT2D eigenvalue weighted by Crippen LogP contribution is 2.19. The highest BCUT2D eigenvalue weighted by molar-refractivity contribution is 14.0. The molecule has 0 saturated carbocycles. The summed E-state index contributed by atoms with van der Waals surface area (Å²) < 4.78 is 5.25. The molecule has 0 amide bonds. The van der Waals surface area contributed by atoms with Crippen molar-refractivity contribution in [3.05, 3.63) is 65.3 Å². The highest BCUT2D eigenvalue weighted by atomic mass is 127. The molecule has 0 radical (unpaired) electrons. The first-order valence-corrected chi connectivity index (χ1v) is 8.05. The van der Waals surface area contributed by atoms with E-state index in [4.69, 9.17) is 16.1 Å². The van der Waals surface area contributed by atoms with Gasteiger partial charge in [0.05, 0.1) is 18.8 Å². The standard InChI is InChI=1S/C17H17ClN6O.HI/c1-19-17(21-10-14-7-2-3-8-20-14)22-11-15-23-16(24-25-15)12-5-4-6-13(18)9-12;/h2-9H,10-11H2,1H3,(H2,19,21,22);1H. The summed E-state index contributed by atoms with van der Waals surface area (Å²) in [6.45, 7) is 0.924. The molecule has 0 aliphatic rings. The van der Waals surface area contributed by atoms with Gasteiger partial charge < -0.3 is 15.2 Å². The van der Waals surface area contributed by atoms with Crippen molar-refractivity contribution in [2.24, 2.45) is 4.99 Å². The minimum Gasteiger partial charge on any atom is -0.351 e. The number of rotatable bonds is 5. The molecule has 136 valence electrons. The topological polar surface area (TPSA) is 88.2 Å². The molecule has 0 unspecified atom stereocenters. The van der Waals surface area contributed by atoms with Gasteiger partial charge in [-0.3, -0.25) is 9.98 Å². The molecule has 0 fully saturated rings. The summed E-state index contributed by atoms with van der Waals surface area (Å²) in [5, 5.41) is 10.9. The van der Waals surface area contributed by atoms with Gasteiger partial charge in [-0.05, 0) is 24.3 Å². The third kappa shape index (κ3) is 5.67. The van der Waals surface area contributed by atoms with Crippen molar-refractivity contribution in [1.29, 1.82) is 0 Å². The molecular weight excluding hydrogens is 467 g/mol. The Morgan fingerprint density at radius 3 is 2.73 bits per heavy atom. The number of pyridine rings is 1. The first kappa shape index (κ1) is 20.1. The molecule has 0 spiro atoms. The Kier molecular flexibility index (Phi) is 7.79. The zero-order valence-electron chi connectivity index (χ0n) is 14.0. The van der Waals surface area contributed by atoms with Crippen LogP contribution in [0.25, 0.3) is 11.4 Å². The van der Waals surface area contributed by atoms with Crippen LogP contribution in [0, 0.1) is 0 Å². The largest absolute Gasteiger partial charge is 0.351 e. The SMILES string of the molecule is CN=C(NCc1ccccn1)NCc1nc(-c2cccc(Cl)c2)no1.I. The smallest absolute Gasteiger partial charge is 0.246 e. The number of hydrogen-bond acceptors (Lipinski definition) is 5. The Labute approximate surface area is 173 Å². The lowest BCUT2D eigenvalue weighted by molar-refractivity contribution is 0.375. The van der Waals surface area contributed by atoms with Crippen LogP contribution in [0.15, 0.2) is 58.2 Å². The van der Waals surface area contributed by atoms with Crippen LogP contribution in [0.1, 0.15) is 11.6 Å². The Morgan fingerprint density at radius 1 is 1.15 bits per heavy atom. The molecule has 7 nitrogen and oxygen atoms in total. The maximum absolute atomic E-state index is 5.98. The molecule has 3 rings (SSSR count). The van der Waals surface area contributed by atoms with Gasteiger partial charge in [-0.1, -0.05) is 35.0 Å². The lowest BCUT2D eigenvalue weighted by atomic mass is 10.2. The van der Waals surface area contributed by atoms with Crippen LogP contribution >= 0.6 is 35.6 Å². The Hall–Kier alpha value is -2.20.